The molecule has 2 aliphatic heterocycles. The van der Waals surface area contributed by atoms with Gasteiger partial charge in [0.1, 0.15) is 6.10 Å². The van der Waals surface area contributed by atoms with Gasteiger partial charge in [0.2, 0.25) is 0 Å². The lowest BCUT2D eigenvalue weighted by atomic mass is 9.52. The molecule has 3 fully saturated rings. The van der Waals surface area contributed by atoms with Crippen LogP contribution < -0.4 is 0 Å². The molecule has 2 heterocycles. The van der Waals surface area contributed by atoms with Crippen LogP contribution in [0.2, 0.25) is 0 Å². The third kappa shape index (κ3) is 1.76. The van der Waals surface area contributed by atoms with Crippen LogP contribution in [0.1, 0.15) is 53.4 Å². The lowest BCUT2D eigenvalue weighted by molar-refractivity contribution is -0.315. The lowest BCUT2D eigenvalue weighted by Gasteiger charge is -2.58. The molecule has 0 amide bonds. The molecule has 0 aromatic carbocycles. The Hall–Kier alpha value is -0.930. The number of fused-ring (bicyclic) bond motifs is 6. The second-order valence-electron chi connectivity index (χ2n) is 8.69. The van der Waals surface area contributed by atoms with Gasteiger partial charge in [-0.15, -0.1) is 0 Å². The molecule has 0 N–H and O–H groups in total. The highest BCUT2D eigenvalue weighted by Crippen LogP contribution is 2.67. The molecule has 0 aromatic rings. The van der Waals surface area contributed by atoms with E-state index in [1.54, 1.807) is 12.7 Å². The van der Waals surface area contributed by atoms with Gasteiger partial charge in [0.15, 0.2) is 11.6 Å². The van der Waals surface area contributed by atoms with Gasteiger partial charge in [-0.25, -0.2) is 0 Å². The van der Waals surface area contributed by atoms with E-state index in [2.05, 4.69) is 39.8 Å². The monoisotopic (exact) mass is 316 g/mol. The van der Waals surface area contributed by atoms with E-state index in [9.17, 15) is 4.79 Å². The van der Waals surface area contributed by atoms with E-state index >= 15 is 0 Å². The van der Waals surface area contributed by atoms with Gasteiger partial charge in [-0.05, 0) is 36.7 Å². The number of Topliss-reactive ketones (excluding diaryl/α,β-unsaturated/α-hetero) is 1. The van der Waals surface area contributed by atoms with E-state index in [-0.39, 0.29) is 22.7 Å². The molecule has 126 valence electrons. The lowest BCUT2D eigenvalue weighted by Crippen LogP contribution is -2.59. The van der Waals surface area contributed by atoms with Crippen molar-refractivity contribution in [2.24, 2.45) is 22.7 Å². The first kappa shape index (κ1) is 15.6. The summed E-state index contributed by atoms with van der Waals surface area (Å²) >= 11 is 0. The van der Waals surface area contributed by atoms with Crippen molar-refractivity contribution in [1.29, 1.82) is 0 Å². The van der Waals surface area contributed by atoms with E-state index in [0.717, 1.165) is 19.3 Å². The van der Waals surface area contributed by atoms with Crippen molar-refractivity contribution in [2.45, 2.75) is 65.3 Å². The zero-order chi connectivity index (χ0) is 16.6. The Morgan fingerprint density at radius 2 is 2.04 bits per heavy atom. The summed E-state index contributed by atoms with van der Waals surface area (Å²) in [4.78, 5) is 12.5. The molecular formula is C20H28O3. The van der Waals surface area contributed by atoms with Crippen molar-refractivity contribution in [3.63, 3.8) is 0 Å². The van der Waals surface area contributed by atoms with Gasteiger partial charge in [-0.2, -0.15) is 0 Å². The predicted octanol–water partition coefficient (Wildman–Crippen LogP) is 4.04. The second-order valence-corrected chi connectivity index (χ2v) is 8.69. The number of hydrogen-bond acceptors (Lipinski definition) is 3. The number of ketones is 1. The zero-order valence-corrected chi connectivity index (χ0v) is 14.9. The summed E-state index contributed by atoms with van der Waals surface area (Å²) in [5.41, 5.74) is 3.07. The molecule has 4 rings (SSSR count). The van der Waals surface area contributed by atoms with Crippen molar-refractivity contribution >= 4 is 5.78 Å². The minimum atomic E-state index is -0.726. The molecule has 23 heavy (non-hydrogen) atoms. The molecule has 0 aromatic heterocycles. The van der Waals surface area contributed by atoms with Gasteiger partial charge in [-0.3, -0.25) is 4.79 Å². The average Bonchev–Trinajstić information content (AvgIpc) is 2.99. The van der Waals surface area contributed by atoms with E-state index < -0.39 is 5.79 Å². The maximum atomic E-state index is 12.5. The highest BCUT2D eigenvalue weighted by Gasteiger charge is 2.68. The predicted molar refractivity (Wildman–Crippen MR) is 88.8 cm³/mol. The molecule has 0 radical (unpaired) electrons. The minimum Gasteiger partial charge on any atom is -0.352 e. The van der Waals surface area contributed by atoms with Gasteiger partial charge in [0.05, 0.1) is 6.42 Å². The van der Waals surface area contributed by atoms with Crippen molar-refractivity contribution in [2.75, 3.05) is 7.11 Å². The summed E-state index contributed by atoms with van der Waals surface area (Å²) < 4.78 is 12.1. The van der Waals surface area contributed by atoms with Crippen molar-refractivity contribution in [3.8, 4) is 0 Å². The number of ether oxygens (including phenoxy) is 2. The van der Waals surface area contributed by atoms with Crippen LogP contribution in [0.4, 0.5) is 0 Å². The topological polar surface area (TPSA) is 35.5 Å². The maximum Gasteiger partial charge on any atom is 0.181 e. The molecule has 0 spiro atoms. The Kier molecular flexibility index (Phi) is 3.10. The number of methoxy groups -OCH3 is 1. The number of carbonyl (C=O) groups excluding carboxylic acids is 1. The van der Waals surface area contributed by atoms with Crippen LogP contribution >= 0.6 is 0 Å². The van der Waals surface area contributed by atoms with E-state index in [0.29, 0.717) is 18.3 Å². The first-order chi connectivity index (χ1) is 10.8. The number of rotatable bonds is 2. The Bertz CT molecular complexity index is 631. The largest absolute Gasteiger partial charge is 0.352 e. The van der Waals surface area contributed by atoms with E-state index in [1.807, 2.05) is 0 Å². The molecule has 2 saturated heterocycles. The first-order valence-corrected chi connectivity index (χ1v) is 8.96. The fraction of sp³-hybridized carbons (Fsp3) is 0.750. The van der Waals surface area contributed by atoms with Crippen molar-refractivity contribution in [3.05, 3.63) is 23.3 Å². The number of allylic oxidation sites excluding steroid dienone is 4. The Morgan fingerprint density at radius 3 is 2.70 bits per heavy atom. The van der Waals surface area contributed by atoms with Gasteiger partial charge in [0, 0.05) is 17.9 Å². The zero-order valence-electron chi connectivity index (χ0n) is 14.9. The molecule has 3 nitrogen and oxygen atoms in total. The van der Waals surface area contributed by atoms with Crippen molar-refractivity contribution < 1.29 is 14.3 Å². The first-order valence-electron chi connectivity index (χ1n) is 8.96. The van der Waals surface area contributed by atoms with Crippen LogP contribution in [0.15, 0.2) is 23.3 Å². The second kappa shape index (κ2) is 4.58. The number of hydrogen-bond donors (Lipinski definition) is 0. The van der Waals surface area contributed by atoms with Gasteiger partial charge >= 0.3 is 0 Å². The molecular weight excluding hydrogens is 288 g/mol. The Balaban J connectivity index is 1.88. The molecule has 2 aliphatic carbocycles. The molecule has 0 unspecified atom stereocenters. The van der Waals surface area contributed by atoms with Gasteiger partial charge in [-0.1, -0.05) is 45.4 Å². The summed E-state index contributed by atoms with van der Waals surface area (Å²) in [5.74, 6) is 0.386. The summed E-state index contributed by atoms with van der Waals surface area (Å²) in [5, 5.41) is 0. The fourth-order valence-electron chi connectivity index (χ4n) is 5.71. The number of carbonyl (C=O) groups is 1. The highest BCUT2D eigenvalue weighted by molar-refractivity contribution is 5.86. The van der Waals surface area contributed by atoms with Crippen LogP contribution in [0, 0.1) is 22.7 Å². The summed E-state index contributed by atoms with van der Waals surface area (Å²) in [6, 6.07) is 0. The third-order valence-electron chi connectivity index (χ3n) is 7.21. The SMILES string of the molecule is CO[C@@]12CC(=O)[C@@H](C[C@@H]3C4=C(C(C)C)C=C[C@]4(C)CC[C@]31C)O2. The van der Waals surface area contributed by atoms with Crippen LogP contribution in [0.5, 0.6) is 0 Å². The molecule has 1 saturated carbocycles. The Labute approximate surface area is 139 Å². The van der Waals surface area contributed by atoms with E-state index in [1.165, 1.54) is 5.57 Å². The highest BCUT2D eigenvalue weighted by atomic mass is 16.7. The molecule has 5 atom stereocenters. The fourth-order valence-corrected chi connectivity index (χ4v) is 5.71. The molecule has 2 bridgehead atoms. The average molecular weight is 316 g/mol. The molecule has 4 aliphatic rings. The quantitative estimate of drug-likeness (QED) is 0.771. The Morgan fingerprint density at radius 1 is 1.30 bits per heavy atom. The minimum absolute atomic E-state index is 0.120. The smallest absolute Gasteiger partial charge is 0.181 e. The van der Waals surface area contributed by atoms with Crippen LogP contribution in [0.3, 0.4) is 0 Å². The maximum absolute atomic E-state index is 12.5. The summed E-state index contributed by atoms with van der Waals surface area (Å²) in [6.45, 7) is 9.20. The third-order valence-corrected chi connectivity index (χ3v) is 7.21. The van der Waals surface area contributed by atoms with Crippen LogP contribution in [-0.4, -0.2) is 24.8 Å². The van der Waals surface area contributed by atoms with Crippen LogP contribution in [-0.2, 0) is 14.3 Å². The van der Waals surface area contributed by atoms with Crippen molar-refractivity contribution in [1.82, 2.24) is 0 Å². The van der Waals surface area contributed by atoms with Gasteiger partial charge < -0.3 is 9.47 Å². The summed E-state index contributed by atoms with van der Waals surface area (Å²) in [7, 11) is 1.71. The normalized spacial score (nSPS) is 48.2. The van der Waals surface area contributed by atoms with Crippen LogP contribution in [0.25, 0.3) is 0 Å². The summed E-state index contributed by atoms with van der Waals surface area (Å²) in [6.07, 6.45) is 7.84. The standard InChI is InChI=1S/C20H28O3/c1-12(2)13-6-7-18(3)8-9-19(4)14(17(13)18)10-16-15(21)11-20(19,22-5)23-16/h6-7,12,14,16H,8-11H2,1-5H3/t14-,16-,18-,19-,20-/m1/s1. The van der Waals surface area contributed by atoms with E-state index in [4.69, 9.17) is 9.47 Å². The molecule has 3 heteroatoms. The van der Waals surface area contributed by atoms with Gasteiger partial charge in [0.25, 0.3) is 0 Å².